The highest BCUT2D eigenvalue weighted by molar-refractivity contribution is 4.80. The molecule has 1 aliphatic rings. The van der Waals surface area contributed by atoms with Crippen molar-refractivity contribution >= 4 is 0 Å². The van der Waals surface area contributed by atoms with Crippen molar-refractivity contribution in [1.29, 1.82) is 0 Å². The number of rotatable bonds is 2. The van der Waals surface area contributed by atoms with Crippen LogP contribution in [0.3, 0.4) is 0 Å². The standard InChI is InChI=1S/C10H21N/c1-3-4-9-6-5-8(2)7-10(9)11/h8-10H,3-7,11H2,1-2H3/t8-,9+,10?/m1/s1. The summed E-state index contributed by atoms with van der Waals surface area (Å²) in [4.78, 5) is 0. The Labute approximate surface area is 70.4 Å². The minimum absolute atomic E-state index is 0.499. The molecule has 0 aromatic heterocycles. The van der Waals surface area contributed by atoms with Crippen molar-refractivity contribution in [3.05, 3.63) is 0 Å². The van der Waals surface area contributed by atoms with E-state index in [1.807, 2.05) is 0 Å². The Balaban J connectivity index is 2.31. The molecule has 0 heterocycles. The van der Waals surface area contributed by atoms with Crippen molar-refractivity contribution in [1.82, 2.24) is 0 Å². The second kappa shape index (κ2) is 4.10. The lowest BCUT2D eigenvalue weighted by molar-refractivity contribution is 0.237. The molecule has 1 saturated carbocycles. The second-order valence-corrected chi connectivity index (χ2v) is 4.13. The number of nitrogens with two attached hydrogens (primary N) is 1. The van der Waals surface area contributed by atoms with Gasteiger partial charge in [0.2, 0.25) is 0 Å². The lowest BCUT2D eigenvalue weighted by Crippen LogP contribution is -2.35. The quantitative estimate of drug-likeness (QED) is 0.651. The first-order valence-corrected chi connectivity index (χ1v) is 4.99. The van der Waals surface area contributed by atoms with Gasteiger partial charge >= 0.3 is 0 Å². The lowest BCUT2D eigenvalue weighted by atomic mass is 9.77. The van der Waals surface area contributed by atoms with E-state index in [2.05, 4.69) is 13.8 Å². The molecule has 1 heteroatoms. The third kappa shape index (κ3) is 2.48. The molecule has 0 amide bonds. The molecule has 1 fully saturated rings. The van der Waals surface area contributed by atoms with Crippen LogP contribution < -0.4 is 5.73 Å². The fourth-order valence-electron chi connectivity index (χ4n) is 2.22. The van der Waals surface area contributed by atoms with Gasteiger partial charge in [0.05, 0.1) is 0 Å². The first-order valence-electron chi connectivity index (χ1n) is 4.99. The van der Waals surface area contributed by atoms with Crippen molar-refractivity contribution < 1.29 is 0 Å². The number of hydrogen-bond acceptors (Lipinski definition) is 1. The fraction of sp³-hybridized carbons (Fsp3) is 1.00. The van der Waals surface area contributed by atoms with Crippen molar-refractivity contribution in [3.63, 3.8) is 0 Å². The highest BCUT2D eigenvalue weighted by Gasteiger charge is 2.24. The van der Waals surface area contributed by atoms with Crippen LogP contribution in [0.25, 0.3) is 0 Å². The SMILES string of the molecule is CCC[C@H]1CC[C@@H](C)CC1N. The first kappa shape index (κ1) is 9.05. The van der Waals surface area contributed by atoms with Gasteiger partial charge in [0.15, 0.2) is 0 Å². The molecular weight excluding hydrogens is 134 g/mol. The summed E-state index contributed by atoms with van der Waals surface area (Å²) >= 11 is 0. The maximum Gasteiger partial charge on any atom is 0.00696 e. The Morgan fingerprint density at radius 3 is 2.64 bits per heavy atom. The Hall–Kier alpha value is -0.0400. The lowest BCUT2D eigenvalue weighted by Gasteiger charge is -2.32. The van der Waals surface area contributed by atoms with Gasteiger partial charge in [-0.1, -0.05) is 26.7 Å². The van der Waals surface area contributed by atoms with Crippen LogP contribution in [0, 0.1) is 11.8 Å². The first-order chi connectivity index (χ1) is 5.24. The van der Waals surface area contributed by atoms with E-state index in [1.165, 1.54) is 32.1 Å². The predicted molar refractivity (Wildman–Crippen MR) is 49.4 cm³/mol. The molecule has 1 unspecified atom stereocenters. The Kier molecular flexibility index (Phi) is 3.38. The van der Waals surface area contributed by atoms with E-state index in [0.29, 0.717) is 6.04 Å². The van der Waals surface area contributed by atoms with Gasteiger partial charge in [-0.25, -0.2) is 0 Å². The minimum Gasteiger partial charge on any atom is -0.327 e. The van der Waals surface area contributed by atoms with E-state index >= 15 is 0 Å². The van der Waals surface area contributed by atoms with Crippen molar-refractivity contribution in [2.45, 2.75) is 52.0 Å². The molecule has 1 rings (SSSR count). The van der Waals surface area contributed by atoms with Gasteiger partial charge in [-0.2, -0.15) is 0 Å². The van der Waals surface area contributed by atoms with Crippen LogP contribution in [0.15, 0.2) is 0 Å². The zero-order valence-electron chi connectivity index (χ0n) is 7.84. The monoisotopic (exact) mass is 155 g/mol. The second-order valence-electron chi connectivity index (χ2n) is 4.13. The maximum absolute atomic E-state index is 6.06. The van der Waals surface area contributed by atoms with Gasteiger partial charge in [0, 0.05) is 6.04 Å². The highest BCUT2D eigenvalue weighted by Crippen LogP contribution is 2.30. The molecule has 66 valence electrons. The van der Waals surface area contributed by atoms with Gasteiger partial charge in [-0.15, -0.1) is 0 Å². The molecule has 3 atom stereocenters. The summed E-state index contributed by atoms with van der Waals surface area (Å²) in [6, 6.07) is 0.499. The van der Waals surface area contributed by atoms with Crippen molar-refractivity contribution in [3.8, 4) is 0 Å². The zero-order chi connectivity index (χ0) is 8.27. The number of hydrogen-bond donors (Lipinski definition) is 1. The third-order valence-electron chi connectivity index (χ3n) is 2.97. The van der Waals surface area contributed by atoms with Gasteiger partial charge in [-0.05, 0) is 31.1 Å². The topological polar surface area (TPSA) is 26.0 Å². The average Bonchev–Trinajstić information content (AvgIpc) is 1.95. The summed E-state index contributed by atoms with van der Waals surface area (Å²) in [6.07, 6.45) is 6.67. The van der Waals surface area contributed by atoms with Crippen LogP contribution in [0.5, 0.6) is 0 Å². The molecule has 0 aliphatic heterocycles. The Morgan fingerprint density at radius 2 is 2.09 bits per heavy atom. The van der Waals surface area contributed by atoms with E-state index < -0.39 is 0 Å². The zero-order valence-corrected chi connectivity index (χ0v) is 7.84. The minimum atomic E-state index is 0.499. The van der Waals surface area contributed by atoms with Crippen molar-refractivity contribution in [2.24, 2.45) is 17.6 Å². The molecular formula is C10H21N. The molecule has 2 N–H and O–H groups in total. The van der Waals surface area contributed by atoms with E-state index in [9.17, 15) is 0 Å². The predicted octanol–water partition coefficient (Wildman–Crippen LogP) is 2.55. The van der Waals surface area contributed by atoms with E-state index in [1.54, 1.807) is 0 Å². The van der Waals surface area contributed by atoms with Gasteiger partial charge in [0.1, 0.15) is 0 Å². The summed E-state index contributed by atoms with van der Waals surface area (Å²) in [5.74, 6) is 1.70. The smallest absolute Gasteiger partial charge is 0.00696 e. The molecule has 1 aliphatic carbocycles. The van der Waals surface area contributed by atoms with Crippen LogP contribution >= 0.6 is 0 Å². The molecule has 0 aromatic carbocycles. The normalized spacial score (nSPS) is 39.0. The van der Waals surface area contributed by atoms with E-state index in [4.69, 9.17) is 5.73 Å². The molecule has 11 heavy (non-hydrogen) atoms. The van der Waals surface area contributed by atoms with Crippen molar-refractivity contribution in [2.75, 3.05) is 0 Å². The van der Waals surface area contributed by atoms with E-state index in [-0.39, 0.29) is 0 Å². The molecule has 0 radical (unpaired) electrons. The molecule has 0 aromatic rings. The van der Waals surface area contributed by atoms with Crippen LogP contribution in [0.4, 0.5) is 0 Å². The Morgan fingerprint density at radius 1 is 1.36 bits per heavy atom. The highest BCUT2D eigenvalue weighted by atomic mass is 14.7. The molecule has 0 spiro atoms. The van der Waals surface area contributed by atoms with E-state index in [0.717, 1.165) is 11.8 Å². The maximum atomic E-state index is 6.06. The summed E-state index contributed by atoms with van der Waals surface area (Å²) in [7, 11) is 0. The van der Waals surface area contributed by atoms with Crippen LogP contribution in [-0.4, -0.2) is 6.04 Å². The van der Waals surface area contributed by atoms with Crippen LogP contribution in [0.1, 0.15) is 46.0 Å². The average molecular weight is 155 g/mol. The van der Waals surface area contributed by atoms with Crippen LogP contribution in [0.2, 0.25) is 0 Å². The van der Waals surface area contributed by atoms with Gasteiger partial charge in [0.25, 0.3) is 0 Å². The largest absolute Gasteiger partial charge is 0.327 e. The van der Waals surface area contributed by atoms with Crippen LogP contribution in [-0.2, 0) is 0 Å². The molecule has 0 saturated heterocycles. The summed E-state index contributed by atoms with van der Waals surface area (Å²) in [5.41, 5.74) is 6.06. The Bertz CT molecular complexity index is 111. The summed E-state index contributed by atoms with van der Waals surface area (Å²) in [5, 5.41) is 0. The summed E-state index contributed by atoms with van der Waals surface area (Å²) < 4.78 is 0. The summed E-state index contributed by atoms with van der Waals surface area (Å²) in [6.45, 7) is 4.58. The van der Waals surface area contributed by atoms with Gasteiger partial charge in [-0.3, -0.25) is 0 Å². The third-order valence-corrected chi connectivity index (χ3v) is 2.97. The van der Waals surface area contributed by atoms with Gasteiger partial charge < -0.3 is 5.73 Å². The fourth-order valence-corrected chi connectivity index (χ4v) is 2.22. The molecule has 0 bridgehead atoms. The molecule has 1 nitrogen and oxygen atoms in total.